The summed E-state index contributed by atoms with van der Waals surface area (Å²) in [5, 5.41) is 3.38. The van der Waals surface area contributed by atoms with Crippen molar-refractivity contribution in [3.8, 4) is 5.75 Å². The molecule has 0 radical (unpaired) electrons. The summed E-state index contributed by atoms with van der Waals surface area (Å²) in [6, 6.07) is 8.51. The lowest BCUT2D eigenvalue weighted by molar-refractivity contribution is 0.100. The fourth-order valence-corrected chi connectivity index (χ4v) is 1.86. The van der Waals surface area contributed by atoms with Gasteiger partial charge in [-0.2, -0.15) is 0 Å². The Balaban J connectivity index is 2.04. The van der Waals surface area contributed by atoms with Crippen molar-refractivity contribution in [2.24, 2.45) is 0 Å². The molecule has 0 spiro atoms. The summed E-state index contributed by atoms with van der Waals surface area (Å²) >= 11 is 0. The van der Waals surface area contributed by atoms with Gasteiger partial charge in [-0.25, -0.2) is 0 Å². The van der Waals surface area contributed by atoms with Crippen LogP contribution in [0.4, 0.5) is 0 Å². The molecule has 1 N–H and O–H groups in total. The van der Waals surface area contributed by atoms with Crippen molar-refractivity contribution in [3.63, 3.8) is 0 Å². The minimum atomic E-state index is 0.122. The Bertz CT molecular complexity index is 327. The minimum Gasteiger partial charge on any atom is -0.496 e. The highest BCUT2D eigenvalue weighted by molar-refractivity contribution is 5.33. The molecule has 3 heteroatoms. The zero-order valence-corrected chi connectivity index (χ0v) is 9.19. The lowest BCUT2D eigenvalue weighted by Crippen LogP contribution is -2.29. The summed E-state index contributed by atoms with van der Waals surface area (Å²) in [4.78, 5) is 0. The first-order valence-electron chi connectivity index (χ1n) is 5.29. The summed E-state index contributed by atoms with van der Waals surface area (Å²) in [5.74, 6) is 0.933. The topological polar surface area (TPSA) is 30.5 Å². The van der Waals surface area contributed by atoms with Gasteiger partial charge in [-0.3, -0.25) is 5.32 Å². The quantitative estimate of drug-likeness (QED) is 0.816. The van der Waals surface area contributed by atoms with Crippen molar-refractivity contribution in [1.29, 1.82) is 0 Å². The van der Waals surface area contributed by atoms with E-state index in [1.807, 2.05) is 18.2 Å². The molecule has 0 aromatic heterocycles. The third kappa shape index (κ3) is 2.49. The zero-order chi connectivity index (χ0) is 10.7. The standard InChI is InChI=1S/C12H17NO2/c1-9-8-15-12(13-9)7-10-5-3-4-6-11(10)14-2/h3-6,9,12-13H,7-8H2,1-2H3. The van der Waals surface area contributed by atoms with Crippen LogP contribution in [-0.2, 0) is 11.2 Å². The predicted molar refractivity (Wildman–Crippen MR) is 59.0 cm³/mol. The molecule has 0 bridgehead atoms. The number of ether oxygens (including phenoxy) is 2. The molecule has 1 fully saturated rings. The molecular formula is C12H17NO2. The van der Waals surface area contributed by atoms with Crippen molar-refractivity contribution in [1.82, 2.24) is 5.32 Å². The maximum atomic E-state index is 5.60. The van der Waals surface area contributed by atoms with Gasteiger partial charge in [0.15, 0.2) is 0 Å². The van der Waals surface area contributed by atoms with E-state index in [1.54, 1.807) is 7.11 Å². The molecule has 1 aromatic rings. The summed E-state index contributed by atoms with van der Waals surface area (Å²) in [5.41, 5.74) is 1.19. The Morgan fingerprint density at radius 1 is 1.47 bits per heavy atom. The first-order chi connectivity index (χ1) is 7.29. The van der Waals surface area contributed by atoms with Crippen molar-refractivity contribution < 1.29 is 9.47 Å². The van der Waals surface area contributed by atoms with E-state index in [1.165, 1.54) is 5.56 Å². The average Bonchev–Trinajstić information content (AvgIpc) is 2.65. The highest BCUT2D eigenvalue weighted by Crippen LogP contribution is 2.20. The Labute approximate surface area is 90.4 Å². The van der Waals surface area contributed by atoms with E-state index >= 15 is 0 Å². The number of benzene rings is 1. The van der Waals surface area contributed by atoms with Crippen LogP contribution in [0.25, 0.3) is 0 Å². The Hall–Kier alpha value is -1.06. The lowest BCUT2D eigenvalue weighted by Gasteiger charge is -2.13. The summed E-state index contributed by atoms with van der Waals surface area (Å²) < 4.78 is 10.9. The van der Waals surface area contributed by atoms with Crippen LogP contribution in [0.2, 0.25) is 0 Å². The molecule has 2 atom stereocenters. The van der Waals surface area contributed by atoms with E-state index in [-0.39, 0.29) is 6.23 Å². The SMILES string of the molecule is COc1ccccc1CC1NC(C)CO1. The van der Waals surface area contributed by atoms with Gasteiger partial charge < -0.3 is 9.47 Å². The normalized spacial score (nSPS) is 25.5. The van der Waals surface area contributed by atoms with Gasteiger partial charge in [-0.15, -0.1) is 0 Å². The Kier molecular flexibility index (Phi) is 3.23. The third-order valence-corrected chi connectivity index (χ3v) is 2.62. The number of nitrogens with one attached hydrogen (secondary N) is 1. The van der Waals surface area contributed by atoms with Crippen molar-refractivity contribution >= 4 is 0 Å². The first-order valence-corrected chi connectivity index (χ1v) is 5.29. The molecule has 2 unspecified atom stereocenters. The smallest absolute Gasteiger partial charge is 0.122 e. The van der Waals surface area contributed by atoms with Gasteiger partial charge in [0.2, 0.25) is 0 Å². The molecule has 1 saturated heterocycles. The van der Waals surface area contributed by atoms with Crippen molar-refractivity contribution in [2.45, 2.75) is 25.6 Å². The summed E-state index contributed by atoms with van der Waals surface area (Å²) in [6.07, 6.45) is 0.977. The fraction of sp³-hybridized carbons (Fsp3) is 0.500. The van der Waals surface area contributed by atoms with Crippen molar-refractivity contribution in [2.75, 3.05) is 13.7 Å². The van der Waals surface area contributed by atoms with Gasteiger partial charge in [0, 0.05) is 12.5 Å². The van der Waals surface area contributed by atoms with Crippen LogP contribution in [0, 0.1) is 0 Å². The zero-order valence-electron chi connectivity index (χ0n) is 9.19. The van der Waals surface area contributed by atoms with Gasteiger partial charge in [-0.1, -0.05) is 18.2 Å². The van der Waals surface area contributed by atoms with Gasteiger partial charge in [0.05, 0.1) is 13.7 Å². The summed E-state index contributed by atoms with van der Waals surface area (Å²) in [6.45, 7) is 2.92. The van der Waals surface area contributed by atoms with Gasteiger partial charge in [0.25, 0.3) is 0 Å². The maximum absolute atomic E-state index is 5.60. The average molecular weight is 207 g/mol. The van der Waals surface area contributed by atoms with E-state index in [0.717, 1.165) is 18.8 Å². The second-order valence-electron chi connectivity index (χ2n) is 3.91. The molecule has 15 heavy (non-hydrogen) atoms. The molecule has 1 aliphatic heterocycles. The molecular weight excluding hydrogens is 190 g/mol. The molecule has 1 heterocycles. The predicted octanol–water partition coefficient (Wildman–Crippen LogP) is 1.57. The van der Waals surface area contributed by atoms with Gasteiger partial charge in [-0.05, 0) is 18.6 Å². The molecule has 2 rings (SSSR count). The number of rotatable bonds is 3. The second-order valence-corrected chi connectivity index (χ2v) is 3.91. The van der Waals surface area contributed by atoms with Crippen molar-refractivity contribution in [3.05, 3.63) is 29.8 Å². The largest absolute Gasteiger partial charge is 0.496 e. The van der Waals surface area contributed by atoms with Crippen LogP contribution in [0.5, 0.6) is 5.75 Å². The Morgan fingerprint density at radius 2 is 2.27 bits per heavy atom. The highest BCUT2D eigenvalue weighted by Gasteiger charge is 2.21. The number of methoxy groups -OCH3 is 1. The van der Waals surface area contributed by atoms with Crippen LogP contribution < -0.4 is 10.1 Å². The van der Waals surface area contributed by atoms with Crippen LogP contribution >= 0.6 is 0 Å². The number of hydrogen-bond donors (Lipinski definition) is 1. The molecule has 0 amide bonds. The van der Waals surface area contributed by atoms with E-state index in [9.17, 15) is 0 Å². The van der Waals surface area contributed by atoms with E-state index in [2.05, 4.69) is 18.3 Å². The molecule has 1 aliphatic rings. The van der Waals surface area contributed by atoms with Gasteiger partial charge in [0.1, 0.15) is 12.0 Å². The van der Waals surface area contributed by atoms with Crippen LogP contribution in [0.1, 0.15) is 12.5 Å². The maximum Gasteiger partial charge on any atom is 0.122 e. The van der Waals surface area contributed by atoms with E-state index < -0.39 is 0 Å². The van der Waals surface area contributed by atoms with E-state index in [4.69, 9.17) is 9.47 Å². The van der Waals surface area contributed by atoms with Crippen LogP contribution in [0.3, 0.4) is 0 Å². The van der Waals surface area contributed by atoms with Gasteiger partial charge >= 0.3 is 0 Å². The van der Waals surface area contributed by atoms with Crippen LogP contribution in [-0.4, -0.2) is 26.0 Å². The lowest BCUT2D eigenvalue weighted by atomic mass is 10.1. The number of para-hydroxylation sites is 1. The first kappa shape index (κ1) is 10.5. The molecule has 0 aliphatic carbocycles. The molecule has 82 valence electrons. The monoisotopic (exact) mass is 207 g/mol. The summed E-state index contributed by atoms with van der Waals surface area (Å²) in [7, 11) is 1.70. The molecule has 1 aromatic carbocycles. The minimum absolute atomic E-state index is 0.122. The van der Waals surface area contributed by atoms with E-state index in [0.29, 0.717) is 6.04 Å². The Morgan fingerprint density at radius 3 is 2.93 bits per heavy atom. The van der Waals surface area contributed by atoms with Crippen LogP contribution in [0.15, 0.2) is 24.3 Å². The number of hydrogen-bond acceptors (Lipinski definition) is 3. The highest BCUT2D eigenvalue weighted by atomic mass is 16.5. The third-order valence-electron chi connectivity index (χ3n) is 2.62. The second kappa shape index (κ2) is 4.64. The molecule has 0 saturated carbocycles. The molecule has 3 nitrogen and oxygen atoms in total. The fourth-order valence-electron chi connectivity index (χ4n) is 1.86.